The number of benzene rings is 1. The van der Waals surface area contributed by atoms with Crippen molar-refractivity contribution in [3.8, 4) is 5.75 Å². The van der Waals surface area contributed by atoms with Gasteiger partial charge in [0.1, 0.15) is 5.75 Å². The lowest BCUT2D eigenvalue weighted by molar-refractivity contribution is -0.0499. The van der Waals surface area contributed by atoms with Gasteiger partial charge in [0, 0.05) is 0 Å². The van der Waals surface area contributed by atoms with Crippen LogP contribution in [0.15, 0.2) is 18.2 Å². The maximum Gasteiger partial charge on any atom is 0.387 e. The zero-order chi connectivity index (χ0) is 10.7. The Labute approximate surface area is 82.7 Å². The Hall–Kier alpha value is -1.12. The fourth-order valence-electron chi connectivity index (χ4n) is 1.28. The summed E-state index contributed by atoms with van der Waals surface area (Å²) < 4.78 is 28.3. The second kappa shape index (κ2) is 4.40. The van der Waals surface area contributed by atoms with Gasteiger partial charge in [-0.05, 0) is 36.1 Å². The first-order valence-corrected chi connectivity index (χ1v) is 4.55. The minimum Gasteiger partial charge on any atom is -0.435 e. The van der Waals surface area contributed by atoms with Crippen LogP contribution in [0.3, 0.4) is 0 Å². The van der Waals surface area contributed by atoms with E-state index >= 15 is 0 Å². The molecule has 14 heavy (non-hydrogen) atoms. The van der Waals surface area contributed by atoms with Crippen LogP contribution in [0.25, 0.3) is 0 Å². The molecule has 0 fully saturated rings. The Morgan fingerprint density at radius 2 is 1.79 bits per heavy atom. The van der Waals surface area contributed by atoms with E-state index in [9.17, 15) is 8.78 Å². The molecule has 0 atom stereocenters. The fraction of sp³-hybridized carbons (Fsp3) is 0.455. The van der Waals surface area contributed by atoms with Crippen LogP contribution in [0.4, 0.5) is 8.78 Å². The third-order valence-electron chi connectivity index (χ3n) is 1.97. The van der Waals surface area contributed by atoms with Gasteiger partial charge < -0.3 is 4.74 Å². The second-order valence-electron chi connectivity index (χ2n) is 3.61. The van der Waals surface area contributed by atoms with E-state index in [0.29, 0.717) is 5.92 Å². The predicted octanol–water partition coefficient (Wildman–Crippen LogP) is 3.72. The molecule has 0 aliphatic heterocycles. The second-order valence-corrected chi connectivity index (χ2v) is 3.61. The molecule has 0 aliphatic carbocycles. The van der Waals surface area contributed by atoms with E-state index in [0.717, 1.165) is 11.1 Å². The molecule has 0 radical (unpaired) electrons. The topological polar surface area (TPSA) is 9.23 Å². The molecule has 1 aromatic rings. The van der Waals surface area contributed by atoms with Crippen molar-refractivity contribution >= 4 is 0 Å². The summed E-state index contributed by atoms with van der Waals surface area (Å²) in [5.74, 6) is 0.554. The van der Waals surface area contributed by atoms with Gasteiger partial charge in [0.25, 0.3) is 0 Å². The van der Waals surface area contributed by atoms with E-state index in [4.69, 9.17) is 0 Å². The van der Waals surface area contributed by atoms with Gasteiger partial charge in [0.2, 0.25) is 0 Å². The summed E-state index contributed by atoms with van der Waals surface area (Å²) in [6.07, 6.45) is 0. The van der Waals surface area contributed by atoms with Crippen molar-refractivity contribution in [1.29, 1.82) is 0 Å². The van der Waals surface area contributed by atoms with Crippen molar-refractivity contribution in [3.63, 3.8) is 0 Å². The van der Waals surface area contributed by atoms with E-state index in [2.05, 4.69) is 4.74 Å². The third kappa shape index (κ3) is 2.98. The Morgan fingerprint density at radius 1 is 1.14 bits per heavy atom. The van der Waals surface area contributed by atoms with Gasteiger partial charge in [0.15, 0.2) is 0 Å². The number of alkyl halides is 2. The molecule has 1 nitrogen and oxygen atoms in total. The van der Waals surface area contributed by atoms with Crippen molar-refractivity contribution in [1.82, 2.24) is 0 Å². The summed E-state index contributed by atoms with van der Waals surface area (Å²) in [5, 5.41) is 0. The number of hydrogen-bond acceptors (Lipinski definition) is 1. The Morgan fingerprint density at radius 3 is 2.29 bits per heavy atom. The number of rotatable bonds is 3. The summed E-state index contributed by atoms with van der Waals surface area (Å²) in [7, 11) is 0. The average Bonchev–Trinajstić information content (AvgIpc) is 2.01. The van der Waals surface area contributed by atoms with E-state index < -0.39 is 6.61 Å². The molecule has 0 heterocycles. The summed E-state index contributed by atoms with van der Waals surface area (Å²) in [4.78, 5) is 0. The lowest BCUT2D eigenvalue weighted by Crippen LogP contribution is -2.03. The number of aryl methyl sites for hydroxylation is 1. The molecule has 1 aromatic carbocycles. The number of ether oxygens (including phenoxy) is 1. The monoisotopic (exact) mass is 200 g/mol. The van der Waals surface area contributed by atoms with Gasteiger partial charge in [0.05, 0.1) is 0 Å². The zero-order valence-corrected chi connectivity index (χ0v) is 8.55. The SMILES string of the molecule is Cc1cc(OC(F)F)cc(C(C)C)c1. The minimum absolute atomic E-state index is 0.240. The molecule has 0 saturated heterocycles. The Balaban J connectivity index is 2.95. The largest absolute Gasteiger partial charge is 0.435 e. The Kier molecular flexibility index (Phi) is 3.44. The van der Waals surface area contributed by atoms with Crippen molar-refractivity contribution in [2.24, 2.45) is 0 Å². The zero-order valence-electron chi connectivity index (χ0n) is 8.55. The first kappa shape index (κ1) is 11.0. The number of halogens is 2. The van der Waals surface area contributed by atoms with Gasteiger partial charge in [-0.15, -0.1) is 0 Å². The van der Waals surface area contributed by atoms with Crippen LogP contribution in [0.2, 0.25) is 0 Å². The van der Waals surface area contributed by atoms with Gasteiger partial charge in [-0.3, -0.25) is 0 Å². The van der Waals surface area contributed by atoms with Gasteiger partial charge >= 0.3 is 6.61 Å². The molecule has 0 aliphatic rings. The molecule has 0 N–H and O–H groups in total. The van der Waals surface area contributed by atoms with Gasteiger partial charge in [-0.2, -0.15) is 8.78 Å². The van der Waals surface area contributed by atoms with Gasteiger partial charge in [-0.25, -0.2) is 0 Å². The first-order chi connectivity index (χ1) is 6.49. The van der Waals surface area contributed by atoms with Crippen LogP contribution < -0.4 is 4.74 Å². The molecule has 0 spiro atoms. The number of hydrogen-bond donors (Lipinski definition) is 0. The standard InChI is InChI=1S/C11H14F2O/c1-7(2)9-4-8(3)5-10(6-9)14-11(12)13/h4-7,11H,1-3H3. The normalized spacial score (nSPS) is 11.1. The summed E-state index contributed by atoms with van der Waals surface area (Å²) in [6, 6.07) is 5.24. The highest BCUT2D eigenvalue weighted by molar-refractivity contribution is 5.35. The summed E-state index contributed by atoms with van der Waals surface area (Å²) >= 11 is 0. The average molecular weight is 200 g/mol. The molecule has 1 rings (SSSR count). The summed E-state index contributed by atoms with van der Waals surface area (Å²) in [6.45, 7) is 3.14. The molecule has 3 heteroatoms. The van der Waals surface area contributed by atoms with Crippen LogP contribution in [0.5, 0.6) is 5.75 Å². The van der Waals surface area contributed by atoms with Crippen LogP contribution >= 0.6 is 0 Å². The van der Waals surface area contributed by atoms with E-state index in [1.807, 2.05) is 26.8 Å². The lowest BCUT2D eigenvalue weighted by atomic mass is 10.0. The molecule has 0 bridgehead atoms. The van der Waals surface area contributed by atoms with Gasteiger partial charge in [-0.1, -0.05) is 19.9 Å². The fourth-order valence-corrected chi connectivity index (χ4v) is 1.28. The lowest BCUT2D eigenvalue weighted by Gasteiger charge is -2.10. The maximum atomic E-state index is 12.0. The van der Waals surface area contributed by atoms with E-state index in [1.165, 1.54) is 0 Å². The molecule has 0 amide bonds. The molecular weight excluding hydrogens is 186 g/mol. The van der Waals surface area contributed by atoms with Crippen LogP contribution in [0.1, 0.15) is 30.9 Å². The highest BCUT2D eigenvalue weighted by Crippen LogP contribution is 2.23. The molecule has 0 unspecified atom stereocenters. The quantitative estimate of drug-likeness (QED) is 0.722. The van der Waals surface area contributed by atoms with Crippen molar-refractivity contribution in [3.05, 3.63) is 29.3 Å². The summed E-state index contributed by atoms with van der Waals surface area (Å²) in [5.41, 5.74) is 1.95. The molecule has 0 aromatic heterocycles. The van der Waals surface area contributed by atoms with Crippen LogP contribution in [-0.4, -0.2) is 6.61 Å². The molecule has 78 valence electrons. The highest BCUT2D eigenvalue weighted by Gasteiger charge is 2.07. The third-order valence-corrected chi connectivity index (χ3v) is 1.97. The van der Waals surface area contributed by atoms with E-state index in [1.54, 1.807) is 12.1 Å². The van der Waals surface area contributed by atoms with Crippen LogP contribution in [0, 0.1) is 6.92 Å². The molecular formula is C11H14F2O. The van der Waals surface area contributed by atoms with Crippen molar-refractivity contribution in [2.75, 3.05) is 0 Å². The minimum atomic E-state index is -2.75. The van der Waals surface area contributed by atoms with E-state index in [-0.39, 0.29) is 5.75 Å². The maximum absolute atomic E-state index is 12.0. The smallest absolute Gasteiger partial charge is 0.387 e. The van der Waals surface area contributed by atoms with Crippen molar-refractivity contribution in [2.45, 2.75) is 33.3 Å². The highest BCUT2D eigenvalue weighted by atomic mass is 19.3. The van der Waals surface area contributed by atoms with Crippen LogP contribution in [-0.2, 0) is 0 Å². The Bertz CT molecular complexity index is 308. The molecule has 0 saturated carbocycles. The first-order valence-electron chi connectivity index (χ1n) is 4.55. The predicted molar refractivity (Wildman–Crippen MR) is 51.9 cm³/mol. The van der Waals surface area contributed by atoms with Crippen molar-refractivity contribution < 1.29 is 13.5 Å².